The molecule has 1 saturated heterocycles. The molecular formula is C23H25N5O3. The monoisotopic (exact) mass is 419 g/mol. The molecule has 0 aliphatic carbocycles. The largest absolute Gasteiger partial charge is 0.416 e. The molecule has 31 heavy (non-hydrogen) atoms. The number of aryl methyl sites for hydroxylation is 1. The smallest absolute Gasteiger partial charge is 0.253 e. The Bertz CT molecular complexity index is 1050. The van der Waals surface area contributed by atoms with Crippen molar-refractivity contribution in [2.45, 2.75) is 6.92 Å². The highest BCUT2D eigenvalue weighted by Gasteiger charge is 2.23. The zero-order valence-corrected chi connectivity index (χ0v) is 17.7. The third-order valence-electron chi connectivity index (χ3n) is 5.41. The van der Waals surface area contributed by atoms with Crippen molar-refractivity contribution in [1.29, 1.82) is 0 Å². The minimum Gasteiger partial charge on any atom is -0.416 e. The van der Waals surface area contributed by atoms with Crippen LogP contribution in [0.4, 0.5) is 0 Å². The number of likely N-dealkylation sites (N-methyl/N-ethyl adjacent to an activating group) is 1. The minimum absolute atomic E-state index is 0.0121. The summed E-state index contributed by atoms with van der Waals surface area (Å²) in [7, 11) is 1.63. The second-order valence-corrected chi connectivity index (χ2v) is 7.60. The number of hydrogen-bond donors (Lipinski definition) is 1. The first-order valence-electron chi connectivity index (χ1n) is 10.3. The first-order chi connectivity index (χ1) is 15.0. The molecule has 3 aromatic rings. The quantitative estimate of drug-likeness (QED) is 0.682. The molecule has 8 nitrogen and oxygen atoms in total. The van der Waals surface area contributed by atoms with Crippen molar-refractivity contribution in [3.63, 3.8) is 0 Å². The third-order valence-corrected chi connectivity index (χ3v) is 5.41. The minimum atomic E-state index is -0.0167. The average Bonchev–Trinajstić information content (AvgIpc) is 3.30. The van der Waals surface area contributed by atoms with E-state index in [9.17, 15) is 9.59 Å². The number of hydrogen-bond acceptors (Lipinski definition) is 6. The van der Waals surface area contributed by atoms with Crippen LogP contribution >= 0.6 is 0 Å². The summed E-state index contributed by atoms with van der Waals surface area (Å²) < 4.78 is 5.81. The Kier molecular flexibility index (Phi) is 6.08. The Labute approximate surface area is 180 Å². The molecule has 1 aliphatic rings. The number of carbonyl (C=O) groups excluding carboxylic acids is 2. The number of rotatable bonds is 5. The van der Waals surface area contributed by atoms with Gasteiger partial charge in [0.1, 0.15) is 0 Å². The Balaban J connectivity index is 1.39. The van der Waals surface area contributed by atoms with Crippen LogP contribution in [0.5, 0.6) is 0 Å². The lowest BCUT2D eigenvalue weighted by molar-refractivity contribution is -0.122. The van der Waals surface area contributed by atoms with Crippen LogP contribution in [0, 0.1) is 6.92 Å². The fraction of sp³-hybridized carbons (Fsp3) is 0.304. The summed E-state index contributed by atoms with van der Waals surface area (Å²) in [5.74, 6) is 0.848. The van der Waals surface area contributed by atoms with E-state index in [1.54, 1.807) is 19.2 Å². The highest BCUT2D eigenvalue weighted by atomic mass is 16.4. The van der Waals surface area contributed by atoms with Crippen LogP contribution in [0.15, 0.2) is 52.9 Å². The zero-order chi connectivity index (χ0) is 21.8. The molecule has 1 fully saturated rings. The van der Waals surface area contributed by atoms with Gasteiger partial charge in [0.15, 0.2) is 0 Å². The SMILES string of the molecule is CNC(=O)CN1CCN(C(=O)c2ccc(-c3nnc(-c4ccc(C)cc4)o3)cc2)CC1. The number of aromatic nitrogens is 2. The van der Waals surface area contributed by atoms with Gasteiger partial charge in [-0.2, -0.15) is 0 Å². The number of benzene rings is 2. The number of amides is 2. The van der Waals surface area contributed by atoms with Gasteiger partial charge in [-0.3, -0.25) is 14.5 Å². The van der Waals surface area contributed by atoms with E-state index in [-0.39, 0.29) is 11.8 Å². The Morgan fingerprint density at radius 2 is 1.45 bits per heavy atom. The molecule has 8 heteroatoms. The molecule has 1 N–H and O–H groups in total. The zero-order valence-electron chi connectivity index (χ0n) is 17.7. The molecule has 0 atom stereocenters. The molecule has 1 aliphatic heterocycles. The molecule has 0 saturated carbocycles. The van der Waals surface area contributed by atoms with Crippen molar-refractivity contribution in [2.75, 3.05) is 39.8 Å². The summed E-state index contributed by atoms with van der Waals surface area (Å²) in [5.41, 5.74) is 3.41. The van der Waals surface area contributed by atoms with E-state index < -0.39 is 0 Å². The maximum Gasteiger partial charge on any atom is 0.253 e. The van der Waals surface area contributed by atoms with Gasteiger partial charge in [-0.25, -0.2) is 0 Å². The van der Waals surface area contributed by atoms with E-state index in [1.807, 2.05) is 53.1 Å². The van der Waals surface area contributed by atoms with Crippen LogP contribution in [-0.4, -0.2) is 71.6 Å². The van der Waals surface area contributed by atoms with Crippen LogP contribution in [0.2, 0.25) is 0 Å². The summed E-state index contributed by atoms with van der Waals surface area (Å²) in [4.78, 5) is 28.2. The van der Waals surface area contributed by atoms with E-state index in [0.29, 0.717) is 50.1 Å². The summed E-state index contributed by atoms with van der Waals surface area (Å²) in [6, 6.07) is 15.1. The average molecular weight is 419 g/mol. The van der Waals surface area contributed by atoms with Crippen molar-refractivity contribution >= 4 is 11.8 Å². The van der Waals surface area contributed by atoms with Gasteiger partial charge < -0.3 is 14.6 Å². The number of piperazine rings is 1. The number of carbonyl (C=O) groups is 2. The van der Waals surface area contributed by atoms with Gasteiger partial charge in [0, 0.05) is 49.9 Å². The predicted octanol–water partition coefficient (Wildman–Crippen LogP) is 2.22. The molecule has 160 valence electrons. The normalized spacial score (nSPS) is 14.5. The highest BCUT2D eigenvalue weighted by Crippen LogP contribution is 2.24. The van der Waals surface area contributed by atoms with Gasteiger partial charge >= 0.3 is 0 Å². The molecule has 2 amide bonds. The fourth-order valence-corrected chi connectivity index (χ4v) is 3.48. The third kappa shape index (κ3) is 4.80. The standard InChI is InChI=1S/C23H25N5O3/c1-16-3-5-17(6-4-16)21-25-26-22(31-21)18-7-9-19(10-8-18)23(30)28-13-11-27(12-14-28)15-20(29)24-2/h3-10H,11-15H2,1-2H3,(H,24,29). The summed E-state index contributed by atoms with van der Waals surface area (Å²) in [5, 5.41) is 10.9. The lowest BCUT2D eigenvalue weighted by Gasteiger charge is -2.34. The van der Waals surface area contributed by atoms with Crippen LogP contribution < -0.4 is 5.32 Å². The lowest BCUT2D eigenvalue weighted by Crippen LogP contribution is -2.50. The highest BCUT2D eigenvalue weighted by molar-refractivity contribution is 5.94. The number of nitrogens with zero attached hydrogens (tertiary/aromatic N) is 4. The van der Waals surface area contributed by atoms with E-state index in [0.717, 1.165) is 16.7 Å². The second-order valence-electron chi connectivity index (χ2n) is 7.60. The molecule has 2 heterocycles. The van der Waals surface area contributed by atoms with Crippen molar-refractivity contribution in [3.05, 3.63) is 59.7 Å². The van der Waals surface area contributed by atoms with Crippen LogP contribution in [0.1, 0.15) is 15.9 Å². The summed E-state index contributed by atoms with van der Waals surface area (Å²) in [6.07, 6.45) is 0. The summed E-state index contributed by atoms with van der Waals surface area (Å²) in [6.45, 7) is 4.95. The Morgan fingerprint density at radius 1 is 0.903 bits per heavy atom. The maximum absolute atomic E-state index is 12.8. The lowest BCUT2D eigenvalue weighted by atomic mass is 10.1. The predicted molar refractivity (Wildman–Crippen MR) is 116 cm³/mol. The first-order valence-corrected chi connectivity index (χ1v) is 10.3. The molecular weight excluding hydrogens is 394 g/mol. The fourth-order valence-electron chi connectivity index (χ4n) is 3.48. The Morgan fingerprint density at radius 3 is 2.00 bits per heavy atom. The van der Waals surface area contributed by atoms with Gasteiger partial charge in [0.2, 0.25) is 17.7 Å². The van der Waals surface area contributed by atoms with E-state index in [2.05, 4.69) is 15.5 Å². The van der Waals surface area contributed by atoms with Crippen molar-refractivity contribution < 1.29 is 14.0 Å². The van der Waals surface area contributed by atoms with Gasteiger partial charge in [-0.15, -0.1) is 10.2 Å². The molecule has 0 bridgehead atoms. The van der Waals surface area contributed by atoms with Gasteiger partial charge in [-0.1, -0.05) is 17.7 Å². The van der Waals surface area contributed by atoms with Gasteiger partial charge in [0.05, 0.1) is 6.54 Å². The van der Waals surface area contributed by atoms with Crippen LogP contribution in [0.3, 0.4) is 0 Å². The van der Waals surface area contributed by atoms with Gasteiger partial charge in [0.25, 0.3) is 5.91 Å². The van der Waals surface area contributed by atoms with E-state index in [4.69, 9.17) is 4.42 Å². The number of nitrogens with one attached hydrogen (secondary N) is 1. The van der Waals surface area contributed by atoms with Crippen LogP contribution in [0.25, 0.3) is 22.9 Å². The van der Waals surface area contributed by atoms with Crippen molar-refractivity contribution in [2.24, 2.45) is 0 Å². The second kappa shape index (κ2) is 9.09. The molecule has 0 radical (unpaired) electrons. The molecule has 4 rings (SSSR count). The first kappa shape index (κ1) is 20.7. The Hall–Kier alpha value is -3.52. The van der Waals surface area contributed by atoms with Crippen molar-refractivity contribution in [1.82, 2.24) is 25.3 Å². The molecule has 2 aromatic carbocycles. The van der Waals surface area contributed by atoms with Crippen molar-refractivity contribution in [3.8, 4) is 22.9 Å². The van der Waals surface area contributed by atoms with Crippen LogP contribution in [-0.2, 0) is 4.79 Å². The molecule has 0 unspecified atom stereocenters. The van der Waals surface area contributed by atoms with Gasteiger partial charge in [-0.05, 0) is 43.3 Å². The molecule has 0 spiro atoms. The maximum atomic E-state index is 12.8. The van der Waals surface area contributed by atoms with E-state index in [1.165, 1.54) is 0 Å². The molecule has 1 aromatic heterocycles. The summed E-state index contributed by atoms with van der Waals surface area (Å²) >= 11 is 0. The topological polar surface area (TPSA) is 91.6 Å². The van der Waals surface area contributed by atoms with E-state index >= 15 is 0 Å².